The molecule has 2 unspecified atom stereocenters. The first-order valence-corrected chi connectivity index (χ1v) is 10.7. The molecule has 3 N–H and O–H groups in total. The Kier molecular flexibility index (Phi) is 6.32. The van der Waals surface area contributed by atoms with Gasteiger partial charge in [-0.25, -0.2) is 10.9 Å². The highest BCUT2D eigenvalue weighted by atomic mass is 35.5. The lowest BCUT2D eigenvalue weighted by Gasteiger charge is -2.33. The summed E-state index contributed by atoms with van der Waals surface area (Å²) < 4.78 is 0. The van der Waals surface area contributed by atoms with Crippen LogP contribution >= 0.6 is 11.6 Å². The molecule has 7 nitrogen and oxygen atoms in total. The van der Waals surface area contributed by atoms with Gasteiger partial charge in [-0.05, 0) is 61.6 Å². The van der Waals surface area contributed by atoms with Gasteiger partial charge >= 0.3 is 0 Å². The first-order chi connectivity index (χ1) is 14.5. The number of amides is 2. The van der Waals surface area contributed by atoms with E-state index in [1.807, 2.05) is 36.1 Å². The van der Waals surface area contributed by atoms with Crippen LogP contribution in [0.4, 0.5) is 5.69 Å². The second-order valence-corrected chi connectivity index (χ2v) is 8.39. The lowest BCUT2D eigenvalue weighted by Crippen LogP contribution is -2.49. The van der Waals surface area contributed by atoms with Crippen molar-refractivity contribution in [2.24, 2.45) is 5.92 Å². The van der Waals surface area contributed by atoms with Crippen LogP contribution in [0.25, 0.3) is 0 Å². The molecule has 1 aromatic carbocycles. The van der Waals surface area contributed by atoms with E-state index in [4.69, 9.17) is 11.6 Å². The summed E-state index contributed by atoms with van der Waals surface area (Å²) in [6.07, 6.45) is 5.52. The van der Waals surface area contributed by atoms with Gasteiger partial charge in [0.15, 0.2) is 0 Å². The first kappa shape index (κ1) is 20.8. The number of halogens is 1. The highest BCUT2D eigenvalue weighted by Gasteiger charge is 2.35. The number of piperidine rings is 1. The molecule has 4 rings (SSSR count). The van der Waals surface area contributed by atoms with Crippen molar-refractivity contribution in [2.45, 2.75) is 38.3 Å². The fourth-order valence-corrected chi connectivity index (χ4v) is 4.25. The van der Waals surface area contributed by atoms with E-state index in [1.165, 1.54) is 0 Å². The molecule has 2 aliphatic rings. The zero-order valence-corrected chi connectivity index (χ0v) is 17.7. The minimum Gasteiger partial charge on any atom is -0.341 e. The Balaban J connectivity index is 1.28. The van der Waals surface area contributed by atoms with E-state index in [1.54, 1.807) is 18.5 Å². The molecule has 0 bridgehead atoms. The van der Waals surface area contributed by atoms with Gasteiger partial charge in [0.25, 0.3) is 0 Å². The second kappa shape index (κ2) is 9.12. The van der Waals surface area contributed by atoms with Crippen LogP contribution in [-0.4, -0.2) is 40.8 Å². The summed E-state index contributed by atoms with van der Waals surface area (Å²) in [7, 11) is 0. The van der Waals surface area contributed by atoms with E-state index in [0.717, 1.165) is 16.8 Å². The van der Waals surface area contributed by atoms with Crippen LogP contribution in [0.3, 0.4) is 0 Å². The number of hydrazine groups is 1. The van der Waals surface area contributed by atoms with Crippen LogP contribution in [0.1, 0.15) is 36.4 Å². The van der Waals surface area contributed by atoms with Gasteiger partial charge in [0, 0.05) is 48.2 Å². The number of nitrogens with zero attached hydrogens (tertiary/aromatic N) is 2. The second-order valence-electron chi connectivity index (χ2n) is 7.96. The zero-order valence-electron chi connectivity index (χ0n) is 16.9. The molecule has 158 valence electrons. The van der Waals surface area contributed by atoms with Gasteiger partial charge in [-0.1, -0.05) is 17.7 Å². The highest BCUT2D eigenvalue weighted by molar-refractivity contribution is 6.31. The fraction of sp³-hybridized carbons (Fsp3) is 0.409. The van der Waals surface area contributed by atoms with E-state index in [2.05, 4.69) is 21.2 Å². The largest absolute Gasteiger partial charge is 0.341 e. The Hall–Kier alpha value is -2.48. The Morgan fingerprint density at radius 1 is 1.13 bits per heavy atom. The third kappa shape index (κ3) is 4.64. The summed E-state index contributed by atoms with van der Waals surface area (Å²) in [6, 6.07) is 9.21. The predicted molar refractivity (Wildman–Crippen MR) is 116 cm³/mol. The van der Waals surface area contributed by atoms with E-state index < -0.39 is 0 Å². The number of benzene rings is 1. The van der Waals surface area contributed by atoms with E-state index in [9.17, 15) is 9.59 Å². The normalized spacial score (nSPS) is 22.1. The van der Waals surface area contributed by atoms with Crippen molar-refractivity contribution in [3.8, 4) is 0 Å². The summed E-state index contributed by atoms with van der Waals surface area (Å²) in [4.78, 5) is 31.5. The van der Waals surface area contributed by atoms with Crippen molar-refractivity contribution >= 4 is 29.1 Å². The Morgan fingerprint density at radius 2 is 1.87 bits per heavy atom. The molecule has 2 amide bonds. The monoisotopic (exact) mass is 427 g/mol. The van der Waals surface area contributed by atoms with Crippen molar-refractivity contribution in [2.75, 3.05) is 18.4 Å². The molecule has 8 heteroatoms. The van der Waals surface area contributed by atoms with Crippen molar-refractivity contribution in [1.29, 1.82) is 0 Å². The Labute approximate surface area is 181 Å². The van der Waals surface area contributed by atoms with Gasteiger partial charge in [0.1, 0.15) is 6.04 Å². The molecular formula is C22H26ClN5O2. The molecule has 2 aliphatic heterocycles. The Morgan fingerprint density at radius 3 is 2.60 bits per heavy atom. The molecule has 0 radical (unpaired) electrons. The molecular weight excluding hydrogens is 402 g/mol. The molecule has 1 aromatic heterocycles. The van der Waals surface area contributed by atoms with Crippen molar-refractivity contribution < 1.29 is 9.59 Å². The van der Waals surface area contributed by atoms with Crippen LogP contribution in [0.2, 0.25) is 5.02 Å². The quantitative estimate of drug-likeness (QED) is 0.698. The molecule has 0 spiro atoms. The molecule has 0 aliphatic carbocycles. The van der Waals surface area contributed by atoms with Crippen molar-refractivity contribution in [1.82, 2.24) is 20.7 Å². The molecule has 30 heavy (non-hydrogen) atoms. The SMILES string of the molecule is Cc1ccc(Cl)cc1NC(=O)C1CCN(C(=O)C2CC(c3ccncc3)NN2)CC1. The fourth-order valence-electron chi connectivity index (χ4n) is 4.08. The van der Waals surface area contributed by atoms with Gasteiger partial charge in [-0.15, -0.1) is 0 Å². The lowest BCUT2D eigenvalue weighted by molar-refractivity contribution is -0.136. The van der Waals surface area contributed by atoms with Gasteiger partial charge in [0.2, 0.25) is 11.8 Å². The summed E-state index contributed by atoms with van der Waals surface area (Å²) in [5, 5.41) is 3.59. The number of aryl methyl sites for hydroxylation is 1. The smallest absolute Gasteiger partial charge is 0.241 e. The number of likely N-dealkylation sites (tertiary alicyclic amines) is 1. The lowest BCUT2D eigenvalue weighted by atomic mass is 9.94. The minimum atomic E-state index is -0.261. The number of carbonyl (C=O) groups excluding carboxylic acids is 2. The number of pyridine rings is 1. The van der Waals surface area contributed by atoms with Crippen LogP contribution < -0.4 is 16.2 Å². The summed E-state index contributed by atoms with van der Waals surface area (Å²) in [5.41, 5.74) is 9.17. The number of aromatic nitrogens is 1. The third-order valence-electron chi connectivity index (χ3n) is 5.94. The third-order valence-corrected chi connectivity index (χ3v) is 6.18. The maximum atomic E-state index is 12.9. The van der Waals surface area contributed by atoms with Gasteiger partial charge in [-0.2, -0.15) is 0 Å². The van der Waals surface area contributed by atoms with E-state index in [0.29, 0.717) is 37.4 Å². The van der Waals surface area contributed by atoms with Gasteiger partial charge in [0.05, 0.1) is 0 Å². The average Bonchev–Trinajstić information content (AvgIpc) is 3.27. The molecule has 2 fully saturated rings. The van der Waals surface area contributed by atoms with Gasteiger partial charge < -0.3 is 10.2 Å². The summed E-state index contributed by atoms with van der Waals surface area (Å²) in [5.74, 6) is -0.0267. The van der Waals surface area contributed by atoms with Crippen LogP contribution in [0.5, 0.6) is 0 Å². The van der Waals surface area contributed by atoms with Crippen LogP contribution in [0, 0.1) is 12.8 Å². The molecule has 2 saturated heterocycles. The van der Waals surface area contributed by atoms with E-state index in [-0.39, 0.29) is 29.8 Å². The molecule has 0 saturated carbocycles. The average molecular weight is 428 g/mol. The first-order valence-electron chi connectivity index (χ1n) is 10.3. The van der Waals surface area contributed by atoms with Crippen molar-refractivity contribution in [3.05, 3.63) is 58.9 Å². The predicted octanol–water partition coefficient (Wildman–Crippen LogP) is 2.83. The zero-order chi connectivity index (χ0) is 21.1. The minimum absolute atomic E-state index is 0.00845. The number of hydrogen-bond donors (Lipinski definition) is 3. The maximum Gasteiger partial charge on any atom is 0.241 e. The number of carbonyl (C=O) groups is 2. The number of hydrogen-bond acceptors (Lipinski definition) is 5. The molecule has 2 atom stereocenters. The maximum absolute atomic E-state index is 12.9. The topological polar surface area (TPSA) is 86.4 Å². The number of nitrogens with one attached hydrogen (secondary N) is 3. The highest BCUT2D eigenvalue weighted by Crippen LogP contribution is 2.26. The summed E-state index contributed by atoms with van der Waals surface area (Å²) in [6.45, 7) is 3.11. The standard InChI is InChI=1S/C22H26ClN5O2/c1-14-2-3-17(23)12-18(14)25-21(29)16-6-10-28(11-7-16)22(30)20-13-19(26-27-20)15-4-8-24-9-5-15/h2-5,8-9,12,16,19-20,26-27H,6-7,10-11,13H2,1H3,(H,25,29). The van der Waals surface area contributed by atoms with E-state index >= 15 is 0 Å². The number of anilines is 1. The Bertz CT molecular complexity index is 915. The molecule has 3 heterocycles. The van der Waals surface area contributed by atoms with Gasteiger partial charge in [-0.3, -0.25) is 14.6 Å². The summed E-state index contributed by atoms with van der Waals surface area (Å²) >= 11 is 6.04. The molecule has 2 aromatic rings. The van der Waals surface area contributed by atoms with Crippen LogP contribution in [0.15, 0.2) is 42.7 Å². The van der Waals surface area contributed by atoms with Crippen LogP contribution in [-0.2, 0) is 9.59 Å². The van der Waals surface area contributed by atoms with Crippen molar-refractivity contribution in [3.63, 3.8) is 0 Å². The number of rotatable bonds is 4.